The number of anilines is 1. The Hall–Kier alpha value is -1.23. The zero-order valence-corrected chi connectivity index (χ0v) is 11.2. The Morgan fingerprint density at radius 1 is 1.53 bits per heavy atom. The standard InChI is InChI=1S/C12H18N2O2S/c1-9(8-17-3)7-13-11-4-5-12(14(15)16)10(2)6-11/h4-6,9,13H,7-8H2,1-3H3. The van der Waals surface area contributed by atoms with Gasteiger partial charge in [0, 0.05) is 23.9 Å². The smallest absolute Gasteiger partial charge is 0.272 e. The molecule has 94 valence electrons. The summed E-state index contributed by atoms with van der Waals surface area (Å²) in [6.07, 6.45) is 2.09. The van der Waals surface area contributed by atoms with Crippen LogP contribution in [0, 0.1) is 23.0 Å². The van der Waals surface area contributed by atoms with E-state index < -0.39 is 0 Å². The second-order valence-corrected chi connectivity index (χ2v) is 5.11. The van der Waals surface area contributed by atoms with Crippen molar-refractivity contribution in [3.8, 4) is 0 Å². The Bertz CT molecular complexity index is 396. The SMILES string of the molecule is CSCC(C)CNc1ccc([N+](=O)[O-])c(C)c1. The van der Waals surface area contributed by atoms with Crippen molar-refractivity contribution < 1.29 is 4.92 Å². The topological polar surface area (TPSA) is 55.2 Å². The molecule has 17 heavy (non-hydrogen) atoms. The molecular weight excluding hydrogens is 236 g/mol. The van der Waals surface area contributed by atoms with E-state index in [2.05, 4.69) is 18.5 Å². The van der Waals surface area contributed by atoms with E-state index in [0.717, 1.165) is 18.0 Å². The number of rotatable bonds is 6. The molecule has 0 aliphatic rings. The third kappa shape index (κ3) is 4.26. The maximum atomic E-state index is 10.7. The molecule has 1 atom stereocenters. The van der Waals surface area contributed by atoms with Crippen LogP contribution in [0.25, 0.3) is 0 Å². The van der Waals surface area contributed by atoms with Crippen LogP contribution in [-0.2, 0) is 0 Å². The highest BCUT2D eigenvalue weighted by molar-refractivity contribution is 7.98. The number of thioether (sulfide) groups is 1. The molecule has 0 bridgehead atoms. The lowest BCUT2D eigenvalue weighted by atomic mass is 10.1. The van der Waals surface area contributed by atoms with Crippen molar-refractivity contribution in [3.05, 3.63) is 33.9 Å². The lowest BCUT2D eigenvalue weighted by Gasteiger charge is -2.12. The molecule has 5 heteroatoms. The van der Waals surface area contributed by atoms with Gasteiger partial charge in [-0.2, -0.15) is 11.8 Å². The van der Waals surface area contributed by atoms with Crippen LogP contribution < -0.4 is 5.32 Å². The van der Waals surface area contributed by atoms with Gasteiger partial charge < -0.3 is 5.32 Å². The molecule has 4 nitrogen and oxygen atoms in total. The summed E-state index contributed by atoms with van der Waals surface area (Å²) < 4.78 is 0. The largest absolute Gasteiger partial charge is 0.385 e. The molecule has 0 aliphatic heterocycles. The molecule has 1 rings (SSSR count). The third-order valence-electron chi connectivity index (χ3n) is 2.50. The first-order valence-corrected chi connectivity index (χ1v) is 6.91. The third-order valence-corrected chi connectivity index (χ3v) is 3.40. The van der Waals surface area contributed by atoms with Gasteiger partial charge in [-0.3, -0.25) is 10.1 Å². The molecule has 0 aliphatic carbocycles. The highest BCUT2D eigenvalue weighted by Crippen LogP contribution is 2.21. The van der Waals surface area contributed by atoms with E-state index in [-0.39, 0.29) is 10.6 Å². The predicted molar refractivity (Wildman–Crippen MR) is 73.9 cm³/mol. The molecular formula is C12H18N2O2S. The van der Waals surface area contributed by atoms with Crippen molar-refractivity contribution in [1.29, 1.82) is 0 Å². The molecule has 0 saturated carbocycles. The highest BCUT2D eigenvalue weighted by Gasteiger charge is 2.10. The summed E-state index contributed by atoms with van der Waals surface area (Å²) in [6.45, 7) is 4.83. The van der Waals surface area contributed by atoms with E-state index in [9.17, 15) is 10.1 Å². The van der Waals surface area contributed by atoms with E-state index in [0.29, 0.717) is 11.5 Å². The van der Waals surface area contributed by atoms with Crippen LogP contribution in [0.3, 0.4) is 0 Å². The molecule has 1 aromatic rings. The average Bonchev–Trinajstić information content (AvgIpc) is 2.26. The van der Waals surface area contributed by atoms with Crippen LogP contribution in [0.1, 0.15) is 12.5 Å². The van der Waals surface area contributed by atoms with Crippen LogP contribution in [0.2, 0.25) is 0 Å². The van der Waals surface area contributed by atoms with Gasteiger partial charge in [-0.15, -0.1) is 0 Å². The normalized spacial score (nSPS) is 12.2. The minimum atomic E-state index is -0.352. The molecule has 0 amide bonds. The van der Waals surface area contributed by atoms with Gasteiger partial charge in [0.15, 0.2) is 0 Å². The van der Waals surface area contributed by atoms with Crippen LogP contribution in [0.15, 0.2) is 18.2 Å². The fourth-order valence-corrected chi connectivity index (χ4v) is 2.29. The van der Waals surface area contributed by atoms with Gasteiger partial charge in [-0.05, 0) is 37.0 Å². The Morgan fingerprint density at radius 2 is 2.24 bits per heavy atom. The molecule has 0 aromatic heterocycles. The fraction of sp³-hybridized carbons (Fsp3) is 0.500. The van der Waals surface area contributed by atoms with E-state index in [1.54, 1.807) is 19.1 Å². The van der Waals surface area contributed by atoms with Gasteiger partial charge in [0.05, 0.1) is 4.92 Å². The summed E-state index contributed by atoms with van der Waals surface area (Å²) in [5, 5.41) is 14.0. The number of hydrogen-bond acceptors (Lipinski definition) is 4. The van der Waals surface area contributed by atoms with E-state index in [1.165, 1.54) is 0 Å². The molecule has 0 heterocycles. The Kier molecular flexibility index (Phi) is 5.28. The zero-order valence-electron chi connectivity index (χ0n) is 10.4. The first-order chi connectivity index (χ1) is 8.04. The fourth-order valence-electron chi connectivity index (χ4n) is 1.61. The monoisotopic (exact) mass is 254 g/mol. The number of benzene rings is 1. The number of aryl methyl sites for hydroxylation is 1. The van der Waals surface area contributed by atoms with Crippen LogP contribution in [0.4, 0.5) is 11.4 Å². The van der Waals surface area contributed by atoms with Crippen LogP contribution in [-0.4, -0.2) is 23.5 Å². The number of nitrogens with zero attached hydrogens (tertiary/aromatic N) is 1. The van der Waals surface area contributed by atoms with Crippen molar-refractivity contribution in [1.82, 2.24) is 0 Å². The van der Waals surface area contributed by atoms with E-state index in [4.69, 9.17) is 0 Å². The molecule has 0 spiro atoms. The summed E-state index contributed by atoms with van der Waals surface area (Å²) in [6, 6.07) is 5.14. The quantitative estimate of drug-likeness (QED) is 0.625. The summed E-state index contributed by atoms with van der Waals surface area (Å²) >= 11 is 1.83. The van der Waals surface area contributed by atoms with Gasteiger partial charge in [0.2, 0.25) is 0 Å². The molecule has 1 unspecified atom stereocenters. The minimum absolute atomic E-state index is 0.174. The van der Waals surface area contributed by atoms with Crippen molar-refractivity contribution in [2.45, 2.75) is 13.8 Å². The minimum Gasteiger partial charge on any atom is -0.385 e. The van der Waals surface area contributed by atoms with E-state index >= 15 is 0 Å². The molecule has 1 aromatic carbocycles. The van der Waals surface area contributed by atoms with Crippen LogP contribution >= 0.6 is 11.8 Å². The zero-order chi connectivity index (χ0) is 12.8. The Balaban J connectivity index is 2.62. The highest BCUT2D eigenvalue weighted by atomic mass is 32.2. The van der Waals surface area contributed by atoms with Gasteiger partial charge in [0.25, 0.3) is 5.69 Å². The lowest BCUT2D eigenvalue weighted by molar-refractivity contribution is -0.385. The van der Waals surface area contributed by atoms with Gasteiger partial charge >= 0.3 is 0 Å². The van der Waals surface area contributed by atoms with Crippen molar-refractivity contribution in [2.75, 3.05) is 23.9 Å². The van der Waals surface area contributed by atoms with Crippen molar-refractivity contribution >= 4 is 23.1 Å². The van der Waals surface area contributed by atoms with Crippen molar-refractivity contribution in [2.24, 2.45) is 5.92 Å². The molecule has 0 radical (unpaired) electrons. The summed E-state index contributed by atoms with van der Waals surface area (Å²) in [5.41, 5.74) is 1.81. The number of nitro groups is 1. The molecule has 0 fully saturated rings. The van der Waals surface area contributed by atoms with E-state index in [1.807, 2.05) is 17.8 Å². The second kappa shape index (κ2) is 6.49. The van der Waals surface area contributed by atoms with Gasteiger partial charge in [-0.1, -0.05) is 6.92 Å². The van der Waals surface area contributed by atoms with Gasteiger partial charge in [-0.25, -0.2) is 0 Å². The molecule has 1 N–H and O–H groups in total. The average molecular weight is 254 g/mol. The van der Waals surface area contributed by atoms with Crippen LogP contribution in [0.5, 0.6) is 0 Å². The Morgan fingerprint density at radius 3 is 2.76 bits per heavy atom. The number of nitro benzene ring substituents is 1. The van der Waals surface area contributed by atoms with Gasteiger partial charge in [0.1, 0.15) is 0 Å². The maximum Gasteiger partial charge on any atom is 0.272 e. The summed E-state index contributed by atoms with van der Waals surface area (Å²) in [5.74, 6) is 1.69. The summed E-state index contributed by atoms with van der Waals surface area (Å²) in [7, 11) is 0. The predicted octanol–water partition coefficient (Wildman–Crippen LogP) is 3.31. The summed E-state index contributed by atoms with van der Waals surface area (Å²) in [4.78, 5) is 10.3. The van der Waals surface area contributed by atoms with Crippen molar-refractivity contribution in [3.63, 3.8) is 0 Å². The second-order valence-electron chi connectivity index (χ2n) is 4.20. The number of nitrogens with one attached hydrogen (secondary N) is 1. The first-order valence-electron chi connectivity index (χ1n) is 5.52. The number of hydrogen-bond donors (Lipinski definition) is 1. The Labute approximate surface area is 106 Å². The first kappa shape index (κ1) is 13.8. The lowest BCUT2D eigenvalue weighted by Crippen LogP contribution is -2.13. The maximum absolute atomic E-state index is 10.7. The molecule has 0 saturated heterocycles.